The van der Waals surface area contributed by atoms with Crippen molar-refractivity contribution in [3.63, 3.8) is 0 Å². The Labute approximate surface area is 191 Å². The van der Waals surface area contributed by atoms with Gasteiger partial charge in [-0.05, 0) is 31.2 Å². The summed E-state index contributed by atoms with van der Waals surface area (Å²) < 4.78 is 26.7. The number of carbonyl (C=O) groups is 1. The van der Waals surface area contributed by atoms with Crippen molar-refractivity contribution >= 4 is 33.1 Å². The Kier molecular flexibility index (Phi) is 6.18. The number of benzene rings is 2. The summed E-state index contributed by atoms with van der Waals surface area (Å²) in [6.07, 6.45) is 0.325. The predicted octanol–water partition coefficient (Wildman–Crippen LogP) is 4.10. The van der Waals surface area contributed by atoms with Gasteiger partial charge in [-0.15, -0.1) is 0 Å². The fourth-order valence-corrected chi connectivity index (χ4v) is 4.19. The molecule has 2 aromatic heterocycles. The molecule has 0 saturated heterocycles. The van der Waals surface area contributed by atoms with Crippen molar-refractivity contribution in [3.8, 4) is 11.3 Å². The minimum atomic E-state index is -4.03. The van der Waals surface area contributed by atoms with E-state index in [0.717, 1.165) is 11.3 Å². The summed E-state index contributed by atoms with van der Waals surface area (Å²) in [5.41, 5.74) is 2.55. The van der Waals surface area contributed by atoms with Gasteiger partial charge < -0.3 is 10.6 Å². The maximum Gasteiger partial charge on any atom is 0.254 e. The van der Waals surface area contributed by atoms with Crippen LogP contribution in [0, 0.1) is 6.92 Å². The Morgan fingerprint density at radius 2 is 1.70 bits per heavy atom. The molecule has 2 heterocycles. The molecule has 0 spiro atoms. The molecule has 168 valence electrons. The number of amides is 1. The molecule has 0 bridgehead atoms. The van der Waals surface area contributed by atoms with Crippen molar-refractivity contribution in [1.82, 2.24) is 20.2 Å². The summed E-state index contributed by atoms with van der Waals surface area (Å²) in [6, 6.07) is 18.6. The zero-order valence-corrected chi connectivity index (χ0v) is 18.8. The van der Waals surface area contributed by atoms with Gasteiger partial charge in [0.15, 0.2) is 5.82 Å². The number of hydrogen-bond donors (Lipinski definition) is 3. The number of anilines is 3. The molecule has 0 atom stereocenters. The highest BCUT2D eigenvalue weighted by Gasteiger charge is 2.23. The Bertz CT molecular complexity index is 1380. The van der Waals surface area contributed by atoms with Crippen LogP contribution >= 0.6 is 0 Å². The fourth-order valence-electron chi connectivity index (χ4n) is 3.05. The van der Waals surface area contributed by atoms with E-state index in [0.29, 0.717) is 29.4 Å². The first-order valence-corrected chi connectivity index (χ1v) is 11.7. The Balaban J connectivity index is 1.74. The Morgan fingerprint density at radius 3 is 2.33 bits per heavy atom. The topological polar surface area (TPSA) is 130 Å². The van der Waals surface area contributed by atoms with Crippen molar-refractivity contribution in [1.29, 1.82) is 0 Å². The highest BCUT2D eigenvalue weighted by molar-refractivity contribution is 7.91. The van der Waals surface area contributed by atoms with Crippen LogP contribution in [0.25, 0.3) is 11.3 Å². The SMILES string of the molecule is CCC(=O)Nc1ccc(S(=O)(=O)c2nc(Nc3cc(C)[nH]n3)cc(-c3ccccc3)n2)cc1. The number of hydrogen-bond acceptors (Lipinski definition) is 7. The lowest BCUT2D eigenvalue weighted by molar-refractivity contribution is -0.115. The maximum absolute atomic E-state index is 13.4. The maximum atomic E-state index is 13.4. The van der Waals surface area contributed by atoms with E-state index in [1.54, 1.807) is 19.1 Å². The fraction of sp³-hybridized carbons (Fsp3) is 0.130. The molecule has 9 nitrogen and oxygen atoms in total. The van der Waals surface area contributed by atoms with Gasteiger partial charge in [0, 0.05) is 35.5 Å². The third-order valence-corrected chi connectivity index (χ3v) is 6.30. The summed E-state index contributed by atoms with van der Waals surface area (Å²) in [7, 11) is -4.03. The summed E-state index contributed by atoms with van der Waals surface area (Å²) >= 11 is 0. The van der Waals surface area contributed by atoms with E-state index < -0.39 is 9.84 Å². The molecular formula is C23H22N6O3S. The standard InChI is InChI=1S/C23H22N6O3S/c1-3-22(30)24-17-9-11-18(12-10-17)33(31,32)23-25-19(16-7-5-4-6-8-16)14-20(27-23)26-21-13-15(2)28-29-21/h4-14H,3H2,1-2H3,(H,24,30)(H2,25,26,27,28,29). The molecule has 2 aromatic carbocycles. The van der Waals surface area contributed by atoms with Crippen LogP contribution < -0.4 is 10.6 Å². The van der Waals surface area contributed by atoms with Gasteiger partial charge in [0.1, 0.15) is 5.82 Å². The molecule has 1 amide bonds. The molecule has 0 aliphatic rings. The van der Waals surface area contributed by atoms with Gasteiger partial charge in [-0.25, -0.2) is 18.4 Å². The zero-order valence-electron chi connectivity index (χ0n) is 18.0. The second kappa shape index (κ2) is 9.21. The first kappa shape index (κ1) is 22.2. The van der Waals surface area contributed by atoms with Crippen LogP contribution in [0.3, 0.4) is 0 Å². The first-order chi connectivity index (χ1) is 15.8. The first-order valence-electron chi connectivity index (χ1n) is 10.2. The van der Waals surface area contributed by atoms with Gasteiger partial charge >= 0.3 is 0 Å². The molecular weight excluding hydrogens is 440 g/mol. The summed E-state index contributed by atoms with van der Waals surface area (Å²) in [4.78, 5) is 20.2. The molecule has 10 heteroatoms. The predicted molar refractivity (Wildman–Crippen MR) is 125 cm³/mol. The summed E-state index contributed by atoms with van der Waals surface area (Å²) in [5, 5.41) is 12.3. The van der Waals surface area contributed by atoms with Gasteiger partial charge in [-0.1, -0.05) is 37.3 Å². The van der Waals surface area contributed by atoms with Gasteiger partial charge in [0.2, 0.25) is 15.7 Å². The largest absolute Gasteiger partial charge is 0.326 e. The lowest BCUT2D eigenvalue weighted by Crippen LogP contribution is -2.11. The Morgan fingerprint density at radius 1 is 0.970 bits per heavy atom. The number of carbonyl (C=O) groups excluding carboxylic acids is 1. The van der Waals surface area contributed by atoms with Crippen LogP contribution in [0.4, 0.5) is 17.3 Å². The van der Waals surface area contributed by atoms with E-state index in [1.807, 2.05) is 37.3 Å². The monoisotopic (exact) mass is 462 g/mol. The molecule has 0 saturated carbocycles. The second-order valence-corrected chi connectivity index (χ2v) is 9.12. The number of aromatic nitrogens is 4. The lowest BCUT2D eigenvalue weighted by Gasteiger charge is -2.10. The van der Waals surface area contributed by atoms with Crippen LogP contribution in [-0.2, 0) is 14.6 Å². The number of nitrogens with one attached hydrogen (secondary N) is 3. The lowest BCUT2D eigenvalue weighted by atomic mass is 10.1. The van der Waals surface area contributed by atoms with Gasteiger partial charge in [0.05, 0.1) is 10.6 Å². The summed E-state index contributed by atoms with van der Waals surface area (Å²) in [5.74, 6) is 0.638. The van der Waals surface area contributed by atoms with Crippen LogP contribution in [0.15, 0.2) is 76.8 Å². The molecule has 0 aliphatic carbocycles. The van der Waals surface area contributed by atoms with Crippen molar-refractivity contribution in [2.45, 2.75) is 30.3 Å². The number of aromatic amines is 1. The molecule has 4 rings (SSSR count). The molecule has 33 heavy (non-hydrogen) atoms. The minimum Gasteiger partial charge on any atom is -0.326 e. The smallest absolute Gasteiger partial charge is 0.254 e. The van der Waals surface area contributed by atoms with Gasteiger partial charge in [0.25, 0.3) is 5.16 Å². The highest BCUT2D eigenvalue weighted by atomic mass is 32.2. The summed E-state index contributed by atoms with van der Waals surface area (Å²) in [6.45, 7) is 3.59. The van der Waals surface area contributed by atoms with E-state index in [9.17, 15) is 13.2 Å². The molecule has 0 radical (unpaired) electrons. The molecule has 4 aromatic rings. The molecule has 0 fully saturated rings. The number of rotatable bonds is 7. The van der Waals surface area contributed by atoms with E-state index in [2.05, 4.69) is 30.8 Å². The third-order valence-electron chi connectivity index (χ3n) is 4.75. The zero-order chi connectivity index (χ0) is 23.4. The number of aryl methyl sites for hydroxylation is 1. The minimum absolute atomic E-state index is 0.0174. The van der Waals surface area contributed by atoms with Gasteiger partial charge in [-0.2, -0.15) is 5.10 Å². The quantitative estimate of drug-likeness (QED) is 0.353. The highest BCUT2D eigenvalue weighted by Crippen LogP contribution is 2.26. The van der Waals surface area contributed by atoms with E-state index in [1.165, 1.54) is 24.3 Å². The van der Waals surface area contributed by atoms with Crippen molar-refractivity contribution in [3.05, 3.63) is 72.4 Å². The van der Waals surface area contributed by atoms with E-state index in [-0.39, 0.29) is 16.0 Å². The van der Waals surface area contributed by atoms with E-state index >= 15 is 0 Å². The van der Waals surface area contributed by atoms with E-state index in [4.69, 9.17) is 0 Å². The van der Waals surface area contributed by atoms with Crippen LogP contribution in [0.5, 0.6) is 0 Å². The van der Waals surface area contributed by atoms with Gasteiger partial charge in [-0.3, -0.25) is 9.89 Å². The molecule has 3 N–H and O–H groups in total. The van der Waals surface area contributed by atoms with Crippen molar-refractivity contribution in [2.24, 2.45) is 0 Å². The van der Waals surface area contributed by atoms with Crippen LogP contribution in [0.1, 0.15) is 19.0 Å². The Hall–Kier alpha value is -4.05. The average molecular weight is 463 g/mol. The average Bonchev–Trinajstić information content (AvgIpc) is 3.24. The number of nitrogens with zero attached hydrogens (tertiary/aromatic N) is 3. The van der Waals surface area contributed by atoms with Crippen molar-refractivity contribution in [2.75, 3.05) is 10.6 Å². The number of sulfone groups is 1. The second-order valence-electron chi connectivity index (χ2n) is 7.28. The van der Waals surface area contributed by atoms with Crippen LogP contribution in [0.2, 0.25) is 0 Å². The van der Waals surface area contributed by atoms with Crippen molar-refractivity contribution < 1.29 is 13.2 Å². The van der Waals surface area contributed by atoms with Crippen LogP contribution in [-0.4, -0.2) is 34.5 Å². The third kappa shape index (κ3) is 5.07. The normalized spacial score (nSPS) is 11.2. The number of H-pyrrole nitrogens is 1. The molecule has 0 aliphatic heterocycles. The molecule has 0 unspecified atom stereocenters.